The summed E-state index contributed by atoms with van der Waals surface area (Å²) in [6.45, 7) is 5.64. The normalized spacial score (nSPS) is 11.8. The smallest absolute Gasteiger partial charge is 0.129 e. The second kappa shape index (κ2) is 6.07. The molecule has 2 nitrogen and oxygen atoms in total. The molecule has 1 rings (SSSR count). The third-order valence-electron chi connectivity index (χ3n) is 2.83. The summed E-state index contributed by atoms with van der Waals surface area (Å²) >= 11 is 0. The van der Waals surface area contributed by atoms with E-state index in [2.05, 4.69) is 24.5 Å². The lowest BCUT2D eigenvalue weighted by Gasteiger charge is -2.24. The predicted octanol–water partition coefficient (Wildman–Crippen LogP) is 2.09. The fourth-order valence-electron chi connectivity index (χ4n) is 1.44. The number of rotatable bonds is 6. The standard InChI is InChI=1S/C13H20F2N2/c1-13(2,16-3)9-17-7-6-10-4-5-11(14)8-12(10)15/h4-5,8,16-17H,6-7,9H2,1-3H3. The Labute approximate surface area is 101 Å². The minimum Gasteiger partial charge on any atom is -0.315 e. The summed E-state index contributed by atoms with van der Waals surface area (Å²) in [6.07, 6.45) is 0.561. The van der Waals surface area contributed by atoms with E-state index in [1.165, 1.54) is 12.1 Å². The van der Waals surface area contributed by atoms with E-state index >= 15 is 0 Å². The van der Waals surface area contributed by atoms with Gasteiger partial charge >= 0.3 is 0 Å². The van der Waals surface area contributed by atoms with E-state index in [0.29, 0.717) is 18.5 Å². The molecule has 0 unspecified atom stereocenters. The first kappa shape index (κ1) is 14.1. The lowest BCUT2D eigenvalue weighted by atomic mass is 10.1. The number of benzene rings is 1. The molecule has 0 fully saturated rings. The van der Waals surface area contributed by atoms with Gasteiger partial charge in [0.2, 0.25) is 0 Å². The average Bonchev–Trinajstić information content (AvgIpc) is 2.27. The molecule has 1 aromatic carbocycles. The summed E-state index contributed by atoms with van der Waals surface area (Å²) in [5.41, 5.74) is 0.558. The molecular formula is C13H20F2N2. The van der Waals surface area contributed by atoms with Gasteiger partial charge in [0.05, 0.1) is 0 Å². The van der Waals surface area contributed by atoms with Crippen molar-refractivity contribution in [2.24, 2.45) is 0 Å². The molecule has 0 bridgehead atoms. The number of likely N-dealkylation sites (N-methyl/N-ethyl adjacent to an activating group) is 1. The minimum absolute atomic E-state index is 0.0152. The average molecular weight is 242 g/mol. The van der Waals surface area contributed by atoms with Gasteiger partial charge in [-0.05, 0) is 45.5 Å². The third-order valence-corrected chi connectivity index (χ3v) is 2.83. The maximum absolute atomic E-state index is 13.3. The number of hydrogen-bond acceptors (Lipinski definition) is 2. The van der Waals surface area contributed by atoms with E-state index in [4.69, 9.17) is 0 Å². The zero-order valence-corrected chi connectivity index (χ0v) is 10.6. The van der Waals surface area contributed by atoms with Crippen LogP contribution in [0.15, 0.2) is 18.2 Å². The molecule has 0 saturated heterocycles. The summed E-state index contributed by atoms with van der Waals surface area (Å²) in [5, 5.41) is 6.42. The Morgan fingerprint density at radius 2 is 1.94 bits per heavy atom. The van der Waals surface area contributed by atoms with Crippen molar-refractivity contribution >= 4 is 0 Å². The van der Waals surface area contributed by atoms with Crippen molar-refractivity contribution in [3.05, 3.63) is 35.4 Å². The topological polar surface area (TPSA) is 24.1 Å². The summed E-state index contributed by atoms with van der Waals surface area (Å²) < 4.78 is 26.0. The molecular weight excluding hydrogens is 222 g/mol. The van der Waals surface area contributed by atoms with E-state index in [0.717, 1.165) is 12.6 Å². The zero-order valence-electron chi connectivity index (χ0n) is 10.6. The molecule has 0 saturated carbocycles. The number of nitrogens with one attached hydrogen (secondary N) is 2. The molecule has 0 aliphatic rings. The van der Waals surface area contributed by atoms with Gasteiger partial charge in [-0.15, -0.1) is 0 Å². The van der Waals surface area contributed by atoms with Crippen molar-refractivity contribution in [2.75, 3.05) is 20.1 Å². The van der Waals surface area contributed by atoms with Crippen molar-refractivity contribution in [3.8, 4) is 0 Å². The van der Waals surface area contributed by atoms with E-state index in [1.54, 1.807) is 0 Å². The van der Waals surface area contributed by atoms with Gasteiger partial charge in [0.25, 0.3) is 0 Å². The minimum atomic E-state index is -0.532. The molecule has 17 heavy (non-hydrogen) atoms. The number of hydrogen-bond donors (Lipinski definition) is 2. The van der Waals surface area contributed by atoms with Crippen molar-refractivity contribution in [2.45, 2.75) is 25.8 Å². The number of halogens is 2. The van der Waals surface area contributed by atoms with Crippen LogP contribution < -0.4 is 10.6 Å². The molecule has 4 heteroatoms. The molecule has 0 spiro atoms. The highest BCUT2D eigenvalue weighted by Crippen LogP contribution is 2.09. The lowest BCUT2D eigenvalue weighted by Crippen LogP contribution is -2.46. The van der Waals surface area contributed by atoms with Crippen LogP contribution in [0.4, 0.5) is 8.78 Å². The second-order valence-corrected chi connectivity index (χ2v) is 4.80. The van der Waals surface area contributed by atoms with Crippen LogP contribution in [0.25, 0.3) is 0 Å². The highest BCUT2D eigenvalue weighted by Gasteiger charge is 2.13. The maximum Gasteiger partial charge on any atom is 0.129 e. The van der Waals surface area contributed by atoms with Gasteiger partial charge in [-0.25, -0.2) is 8.78 Å². The predicted molar refractivity (Wildman–Crippen MR) is 66.1 cm³/mol. The van der Waals surface area contributed by atoms with E-state index < -0.39 is 11.6 Å². The highest BCUT2D eigenvalue weighted by atomic mass is 19.1. The Kier molecular flexibility index (Phi) is 5.02. The molecule has 96 valence electrons. The van der Waals surface area contributed by atoms with Crippen molar-refractivity contribution < 1.29 is 8.78 Å². The third kappa shape index (κ3) is 4.79. The van der Waals surface area contributed by atoms with Crippen LogP contribution in [-0.2, 0) is 6.42 Å². The highest BCUT2D eigenvalue weighted by molar-refractivity contribution is 5.18. The molecule has 0 aromatic heterocycles. The lowest BCUT2D eigenvalue weighted by molar-refractivity contribution is 0.395. The van der Waals surface area contributed by atoms with E-state index in [1.807, 2.05) is 7.05 Å². The molecule has 2 N–H and O–H groups in total. The van der Waals surface area contributed by atoms with Crippen LogP contribution in [0.1, 0.15) is 19.4 Å². The van der Waals surface area contributed by atoms with Gasteiger partial charge in [0.15, 0.2) is 0 Å². The SMILES string of the molecule is CNC(C)(C)CNCCc1ccc(F)cc1F. The van der Waals surface area contributed by atoms with Crippen LogP contribution in [0, 0.1) is 11.6 Å². The van der Waals surface area contributed by atoms with E-state index in [9.17, 15) is 8.78 Å². The quantitative estimate of drug-likeness (QED) is 0.746. The summed E-state index contributed by atoms with van der Waals surface area (Å²) in [5.74, 6) is -1.00. The van der Waals surface area contributed by atoms with Gasteiger partial charge in [-0.2, -0.15) is 0 Å². The molecule has 0 aliphatic heterocycles. The maximum atomic E-state index is 13.3. The first-order chi connectivity index (χ1) is 7.94. The van der Waals surface area contributed by atoms with Gasteiger partial charge in [0.1, 0.15) is 11.6 Å². The second-order valence-electron chi connectivity index (χ2n) is 4.80. The van der Waals surface area contributed by atoms with Gasteiger partial charge in [-0.3, -0.25) is 0 Å². The molecule has 0 heterocycles. The van der Waals surface area contributed by atoms with Crippen molar-refractivity contribution in [1.29, 1.82) is 0 Å². The molecule has 0 amide bonds. The van der Waals surface area contributed by atoms with Crippen LogP contribution in [0.3, 0.4) is 0 Å². The first-order valence-corrected chi connectivity index (χ1v) is 5.78. The van der Waals surface area contributed by atoms with Crippen molar-refractivity contribution in [1.82, 2.24) is 10.6 Å². The zero-order chi connectivity index (χ0) is 12.9. The van der Waals surface area contributed by atoms with Crippen LogP contribution in [-0.4, -0.2) is 25.7 Å². The molecule has 0 aliphatic carbocycles. The monoisotopic (exact) mass is 242 g/mol. The molecule has 0 atom stereocenters. The largest absolute Gasteiger partial charge is 0.315 e. The molecule has 1 aromatic rings. The van der Waals surface area contributed by atoms with Crippen molar-refractivity contribution in [3.63, 3.8) is 0 Å². The Morgan fingerprint density at radius 1 is 1.24 bits per heavy atom. The summed E-state index contributed by atoms with van der Waals surface area (Å²) in [7, 11) is 1.90. The van der Waals surface area contributed by atoms with Gasteiger partial charge < -0.3 is 10.6 Å². The molecule has 0 radical (unpaired) electrons. The fraction of sp³-hybridized carbons (Fsp3) is 0.538. The Bertz CT molecular complexity index is 364. The first-order valence-electron chi connectivity index (χ1n) is 5.78. The van der Waals surface area contributed by atoms with E-state index in [-0.39, 0.29) is 5.54 Å². The van der Waals surface area contributed by atoms with Gasteiger partial charge in [-0.1, -0.05) is 6.07 Å². The fourth-order valence-corrected chi connectivity index (χ4v) is 1.44. The Balaban J connectivity index is 2.36. The summed E-state index contributed by atoms with van der Waals surface area (Å²) in [4.78, 5) is 0. The van der Waals surface area contributed by atoms with Crippen LogP contribution >= 0.6 is 0 Å². The van der Waals surface area contributed by atoms with Gasteiger partial charge in [0, 0.05) is 18.2 Å². The Morgan fingerprint density at radius 3 is 2.53 bits per heavy atom. The van der Waals surface area contributed by atoms with Crippen LogP contribution in [0.2, 0.25) is 0 Å². The summed E-state index contributed by atoms with van der Waals surface area (Å²) in [6, 6.07) is 3.71. The Hall–Kier alpha value is -1.00. The van der Waals surface area contributed by atoms with Crippen LogP contribution in [0.5, 0.6) is 0 Å².